The van der Waals surface area contributed by atoms with Crippen LogP contribution in [-0.4, -0.2) is 71.0 Å². The Balaban J connectivity index is 1.42. The Bertz CT molecular complexity index is 1420. The lowest BCUT2D eigenvalue weighted by atomic mass is 9.34. The maximum Gasteiger partial charge on any atom is 0.333 e. The van der Waals surface area contributed by atoms with E-state index in [1.54, 1.807) is 26.0 Å². The average Bonchev–Trinajstić information content (AvgIpc) is 3.45. The summed E-state index contributed by atoms with van der Waals surface area (Å²) in [5.41, 5.74) is -5.01. The molecule has 7 fully saturated rings. The summed E-state index contributed by atoms with van der Waals surface area (Å²) < 4.78 is 35.6. The molecule has 0 amide bonds. The molecule has 11 nitrogen and oxygen atoms in total. The van der Waals surface area contributed by atoms with Crippen molar-refractivity contribution >= 4 is 17.9 Å². The van der Waals surface area contributed by atoms with Crippen molar-refractivity contribution in [1.82, 2.24) is 0 Å². The van der Waals surface area contributed by atoms with E-state index >= 15 is 0 Å². The Labute approximate surface area is 249 Å². The topological polar surface area (TPSA) is 154 Å². The Morgan fingerprint density at radius 1 is 1.21 bits per heavy atom. The Kier molecular flexibility index (Phi) is 5.87. The number of ether oxygens (including phenoxy) is 5. The minimum atomic E-state index is -1.85. The van der Waals surface area contributed by atoms with Crippen molar-refractivity contribution in [3.63, 3.8) is 0 Å². The van der Waals surface area contributed by atoms with Crippen LogP contribution in [0.2, 0.25) is 0 Å². The zero-order valence-electron chi connectivity index (χ0n) is 25.4. The molecule has 8 rings (SSSR count). The van der Waals surface area contributed by atoms with Crippen molar-refractivity contribution in [3.05, 3.63) is 35.8 Å². The van der Waals surface area contributed by atoms with Crippen molar-refractivity contribution in [2.24, 2.45) is 34.0 Å². The number of aliphatic hydroxyl groups is 2. The molecular formula is C32H40O11. The first-order chi connectivity index (χ1) is 20.2. The lowest BCUT2D eigenvalue weighted by Gasteiger charge is -2.75. The molecule has 1 aromatic heterocycles. The molecule has 43 heavy (non-hydrogen) atoms. The largest absolute Gasteiger partial charge is 0.472 e. The number of allylic oxidation sites excluding steroid dienone is 1. The van der Waals surface area contributed by atoms with Gasteiger partial charge in [0.1, 0.15) is 29.5 Å². The fraction of sp³-hybridized carbons (Fsp3) is 0.719. The summed E-state index contributed by atoms with van der Waals surface area (Å²) in [6, 6.07) is 1.72. The third kappa shape index (κ3) is 3.12. The van der Waals surface area contributed by atoms with Crippen LogP contribution in [0.5, 0.6) is 0 Å². The quantitative estimate of drug-likeness (QED) is 0.222. The standard InChI is InChI=1S/C32H40O11/c1-7-16(2)26(35)42-24-22-25-31(43-25)18(29(5)19(12-20(33)38-6)27(24,3)15-40-32(22,29)37)8-10-28(4)23(17-9-11-39-14-17)41-21(34)13-30(28,31)36/h7,9,11,14,18-19,22-25,36-37H,8,10,12-13,15H2,1-6H3. The summed E-state index contributed by atoms with van der Waals surface area (Å²) in [6.45, 7) is 9.17. The monoisotopic (exact) mass is 600 g/mol. The molecule has 3 saturated carbocycles. The number of hydrogen-bond acceptors (Lipinski definition) is 11. The first-order valence-electron chi connectivity index (χ1n) is 15.1. The van der Waals surface area contributed by atoms with Crippen molar-refractivity contribution < 1.29 is 52.7 Å². The number of epoxide rings is 1. The van der Waals surface area contributed by atoms with Crippen LogP contribution in [0.15, 0.2) is 34.7 Å². The summed E-state index contributed by atoms with van der Waals surface area (Å²) in [5, 5.41) is 25.7. The van der Waals surface area contributed by atoms with E-state index in [4.69, 9.17) is 28.1 Å². The number of carbonyl (C=O) groups is 3. The van der Waals surface area contributed by atoms with Gasteiger partial charge in [0.15, 0.2) is 5.79 Å². The first kappa shape index (κ1) is 29.0. The van der Waals surface area contributed by atoms with Gasteiger partial charge in [0.05, 0.1) is 38.6 Å². The summed E-state index contributed by atoms with van der Waals surface area (Å²) >= 11 is 0. The van der Waals surface area contributed by atoms with Crippen molar-refractivity contribution in [2.75, 3.05) is 13.7 Å². The molecule has 2 N–H and O–H groups in total. The number of fused-ring (bicyclic) bond motifs is 2. The van der Waals surface area contributed by atoms with Gasteiger partial charge in [-0.1, -0.05) is 26.8 Å². The minimum absolute atomic E-state index is 0.0490. The Morgan fingerprint density at radius 2 is 1.95 bits per heavy atom. The maximum atomic E-state index is 13.3. The van der Waals surface area contributed by atoms with E-state index in [1.807, 2.05) is 20.8 Å². The van der Waals surface area contributed by atoms with Gasteiger partial charge in [-0.3, -0.25) is 9.59 Å². The van der Waals surface area contributed by atoms with Crippen LogP contribution in [0.1, 0.15) is 72.0 Å². The molecule has 12 unspecified atom stereocenters. The second-order valence-corrected chi connectivity index (χ2v) is 14.2. The lowest BCUT2D eigenvalue weighted by Crippen LogP contribution is -2.85. The second kappa shape index (κ2) is 8.71. The van der Waals surface area contributed by atoms with E-state index < -0.39 is 87.2 Å². The van der Waals surface area contributed by atoms with Crippen LogP contribution in [0.25, 0.3) is 0 Å². The molecule has 4 saturated heterocycles. The van der Waals surface area contributed by atoms with E-state index in [-0.39, 0.29) is 19.4 Å². The molecular weight excluding hydrogens is 560 g/mol. The van der Waals surface area contributed by atoms with Gasteiger partial charge in [0, 0.05) is 39.7 Å². The highest BCUT2D eigenvalue weighted by Crippen LogP contribution is 2.83. The molecule has 7 aliphatic rings. The SMILES string of the molecule is CC=C(C)C(=O)OC1C2C3OC34C(CCC3(C)C(c5ccoc5)OC(=O)CC34O)C3(C)C(CC(=O)OC)C1(C)COC23O. The summed E-state index contributed by atoms with van der Waals surface area (Å²) in [5.74, 6) is -5.42. The van der Waals surface area contributed by atoms with Crippen LogP contribution in [0.4, 0.5) is 0 Å². The van der Waals surface area contributed by atoms with Crippen LogP contribution in [0, 0.1) is 34.0 Å². The molecule has 234 valence electrons. The zero-order chi connectivity index (χ0) is 31.0. The van der Waals surface area contributed by atoms with Crippen LogP contribution < -0.4 is 0 Å². The smallest absolute Gasteiger partial charge is 0.333 e. The highest BCUT2D eigenvalue weighted by molar-refractivity contribution is 5.88. The summed E-state index contributed by atoms with van der Waals surface area (Å²) in [6.07, 6.45) is 2.72. The van der Waals surface area contributed by atoms with E-state index in [0.29, 0.717) is 24.0 Å². The number of esters is 3. The van der Waals surface area contributed by atoms with Gasteiger partial charge in [-0.25, -0.2) is 4.79 Å². The van der Waals surface area contributed by atoms with Gasteiger partial charge in [0.2, 0.25) is 0 Å². The minimum Gasteiger partial charge on any atom is -0.472 e. The van der Waals surface area contributed by atoms with E-state index in [2.05, 4.69) is 0 Å². The molecule has 0 aromatic carbocycles. The van der Waals surface area contributed by atoms with E-state index in [9.17, 15) is 24.6 Å². The van der Waals surface area contributed by atoms with Crippen molar-refractivity contribution in [3.8, 4) is 0 Å². The fourth-order valence-electron chi connectivity index (χ4n) is 10.4. The maximum absolute atomic E-state index is 13.3. The number of carbonyl (C=O) groups excluding carboxylic acids is 3. The Morgan fingerprint density at radius 3 is 2.60 bits per heavy atom. The Hall–Kier alpha value is -2.73. The summed E-state index contributed by atoms with van der Waals surface area (Å²) in [4.78, 5) is 39.5. The molecule has 1 spiro atoms. The van der Waals surface area contributed by atoms with Gasteiger partial charge in [-0.15, -0.1) is 0 Å². The molecule has 12 atom stereocenters. The second-order valence-electron chi connectivity index (χ2n) is 14.2. The number of furan rings is 1. The third-order valence-corrected chi connectivity index (χ3v) is 12.8. The van der Waals surface area contributed by atoms with Crippen LogP contribution in [0.3, 0.4) is 0 Å². The van der Waals surface area contributed by atoms with E-state index in [1.165, 1.54) is 19.6 Å². The van der Waals surface area contributed by atoms with Gasteiger partial charge < -0.3 is 38.3 Å². The highest BCUT2D eigenvalue weighted by atomic mass is 16.7. The normalized spacial score (nSPS) is 51.0. The molecule has 11 heteroatoms. The molecule has 3 aliphatic carbocycles. The predicted molar refractivity (Wildman–Crippen MR) is 146 cm³/mol. The molecule has 4 bridgehead atoms. The van der Waals surface area contributed by atoms with E-state index in [0.717, 1.165) is 0 Å². The van der Waals surface area contributed by atoms with Crippen molar-refractivity contribution in [1.29, 1.82) is 0 Å². The predicted octanol–water partition coefficient (Wildman–Crippen LogP) is 2.98. The third-order valence-electron chi connectivity index (χ3n) is 12.8. The fourth-order valence-corrected chi connectivity index (χ4v) is 10.4. The first-order valence-corrected chi connectivity index (χ1v) is 15.1. The van der Waals surface area contributed by atoms with Gasteiger partial charge >= 0.3 is 17.9 Å². The number of methoxy groups -OCH3 is 1. The molecule has 1 aromatic rings. The van der Waals surface area contributed by atoms with Gasteiger partial charge in [-0.05, 0) is 38.7 Å². The number of hydrogen-bond donors (Lipinski definition) is 2. The highest BCUT2D eigenvalue weighted by Gasteiger charge is 2.94. The van der Waals surface area contributed by atoms with Crippen LogP contribution >= 0.6 is 0 Å². The van der Waals surface area contributed by atoms with Gasteiger partial charge in [0.25, 0.3) is 0 Å². The molecule has 5 heterocycles. The zero-order valence-corrected chi connectivity index (χ0v) is 25.4. The number of cyclic esters (lactones) is 1. The molecule has 0 radical (unpaired) electrons. The van der Waals surface area contributed by atoms with Crippen LogP contribution in [-0.2, 0) is 38.1 Å². The summed E-state index contributed by atoms with van der Waals surface area (Å²) in [7, 11) is 1.32. The van der Waals surface area contributed by atoms with Crippen molar-refractivity contribution in [2.45, 2.75) is 95.6 Å². The lowest BCUT2D eigenvalue weighted by molar-refractivity contribution is -0.449. The van der Waals surface area contributed by atoms with Gasteiger partial charge in [-0.2, -0.15) is 0 Å². The number of rotatable bonds is 5. The molecule has 4 aliphatic heterocycles. The average molecular weight is 601 g/mol.